The molecular formula is C17H16N2O3S. The second-order valence-corrected chi connectivity index (χ2v) is 6.24. The predicted octanol–water partition coefficient (Wildman–Crippen LogP) is 2.74. The van der Waals surface area contributed by atoms with Gasteiger partial charge in [-0.2, -0.15) is 0 Å². The van der Waals surface area contributed by atoms with Crippen molar-refractivity contribution in [3.05, 3.63) is 68.4 Å². The zero-order chi connectivity index (χ0) is 16.2. The summed E-state index contributed by atoms with van der Waals surface area (Å²) in [6, 6.07) is 9.04. The minimum atomic E-state index is -0.287. The van der Waals surface area contributed by atoms with Gasteiger partial charge in [0, 0.05) is 17.1 Å². The second-order valence-electron chi connectivity index (χ2n) is 5.21. The molecule has 23 heavy (non-hydrogen) atoms. The number of esters is 1. The minimum Gasteiger partial charge on any atom is -0.459 e. The number of nitrogens with zero attached hydrogens (tertiary/aromatic N) is 2. The number of carbonyl (C=O) groups excluding carboxylic acids is 1. The molecule has 0 aliphatic heterocycles. The number of rotatable bonds is 5. The van der Waals surface area contributed by atoms with E-state index in [0.717, 1.165) is 10.4 Å². The van der Waals surface area contributed by atoms with E-state index in [1.807, 2.05) is 30.5 Å². The largest absolute Gasteiger partial charge is 0.459 e. The summed E-state index contributed by atoms with van der Waals surface area (Å²) in [4.78, 5) is 29.4. The first-order valence-corrected chi connectivity index (χ1v) is 8.17. The number of pyridine rings is 1. The third-order valence-electron chi connectivity index (χ3n) is 3.48. The molecule has 3 heterocycles. The first-order chi connectivity index (χ1) is 11.1. The molecule has 0 spiro atoms. The van der Waals surface area contributed by atoms with Gasteiger partial charge in [-0.3, -0.25) is 14.0 Å². The summed E-state index contributed by atoms with van der Waals surface area (Å²) in [6.45, 7) is 1.90. The minimum absolute atomic E-state index is 0.0172. The highest BCUT2D eigenvalue weighted by molar-refractivity contribution is 7.09. The molecule has 0 radical (unpaired) electrons. The standard InChI is InChI=1S/C17H16N2O3S/c1-12-4-2-8-19-15(20)10-13(18-17(12)19)11-22-16(21)7-6-14-5-3-9-23-14/h2-5,8-10H,6-7,11H2,1H3. The molecule has 0 bridgehead atoms. The van der Waals surface area contributed by atoms with Gasteiger partial charge in [-0.05, 0) is 36.4 Å². The predicted molar refractivity (Wildman–Crippen MR) is 88.6 cm³/mol. The number of hydrogen-bond donors (Lipinski definition) is 0. The second kappa shape index (κ2) is 6.75. The van der Waals surface area contributed by atoms with Gasteiger partial charge >= 0.3 is 5.97 Å². The molecule has 0 aromatic carbocycles. The molecule has 0 aliphatic carbocycles. The summed E-state index contributed by atoms with van der Waals surface area (Å²) in [5.74, 6) is -0.287. The molecule has 3 aromatic rings. The molecule has 118 valence electrons. The van der Waals surface area contributed by atoms with Crippen LogP contribution in [-0.4, -0.2) is 15.4 Å². The average Bonchev–Trinajstić information content (AvgIpc) is 3.05. The Morgan fingerprint density at radius 3 is 3.00 bits per heavy atom. The van der Waals surface area contributed by atoms with Crippen molar-refractivity contribution >= 4 is 23.0 Å². The molecule has 6 heteroatoms. The zero-order valence-corrected chi connectivity index (χ0v) is 13.5. The molecule has 0 fully saturated rings. The number of ether oxygens (including phenoxy) is 1. The van der Waals surface area contributed by atoms with E-state index in [1.54, 1.807) is 23.6 Å². The lowest BCUT2D eigenvalue weighted by molar-refractivity contribution is -0.145. The van der Waals surface area contributed by atoms with Crippen molar-refractivity contribution in [2.75, 3.05) is 0 Å². The molecule has 0 saturated carbocycles. The van der Waals surface area contributed by atoms with E-state index >= 15 is 0 Å². The van der Waals surface area contributed by atoms with E-state index in [0.29, 0.717) is 24.2 Å². The summed E-state index contributed by atoms with van der Waals surface area (Å²) in [7, 11) is 0. The summed E-state index contributed by atoms with van der Waals surface area (Å²) >= 11 is 1.62. The third kappa shape index (κ3) is 3.65. The van der Waals surface area contributed by atoms with Crippen molar-refractivity contribution in [2.24, 2.45) is 0 Å². The maximum Gasteiger partial charge on any atom is 0.306 e. The van der Waals surface area contributed by atoms with Crippen molar-refractivity contribution in [3.63, 3.8) is 0 Å². The molecule has 0 unspecified atom stereocenters. The van der Waals surface area contributed by atoms with E-state index in [-0.39, 0.29) is 18.1 Å². The van der Waals surface area contributed by atoms with Crippen molar-refractivity contribution < 1.29 is 9.53 Å². The first-order valence-electron chi connectivity index (χ1n) is 7.29. The molecule has 0 N–H and O–H groups in total. The average molecular weight is 328 g/mol. The first kappa shape index (κ1) is 15.4. The van der Waals surface area contributed by atoms with Crippen LogP contribution in [0.15, 0.2) is 46.7 Å². The van der Waals surface area contributed by atoms with E-state index < -0.39 is 0 Å². The van der Waals surface area contributed by atoms with Crippen molar-refractivity contribution in [1.82, 2.24) is 9.38 Å². The van der Waals surface area contributed by atoms with Gasteiger partial charge in [0.15, 0.2) is 0 Å². The Labute approximate surface area is 137 Å². The van der Waals surface area contributed by atoms with Crippen LogP contribution >= 0.6 is 11.3 Å². The molecule has 0 saturated heterocycles. The van der Waals surface area contributed by atoms with E-state index in [1.165, 1.54) is 10.5 Å². The summed E-state index contributed by atoms with van der Waals surface area (Å²) in [5.41, 5.74) is 1.78. The monoisotopic (exact) mass is 328 g/mol. The topological polar surface area (TPSA) is 60.7 Å². The summed E-state index contributed by atoms with van der Waals surface area (Å²) < 4.78 is 6.71. The van der Waals surface area contributed by atoms with Gasteiger partial charge in [0.05, 0.1) is 12.1 Å². The fourth-order valence-corrected chi connectivity index (χ4v) is 3.00. The number of carbonyl (C=O) groups is 1. The molecule has 3 aromatic heterocycles. The number of fused-ring (bicyclic) bond motifs is 1. The fourth-order valence-electron chi connectivity index (χ4n) is 2.29. The molecule has 3 rings (SSSR count). The summed E-state index contributed by atoms with van der Waals surface area (Å²) in [5, 5.41) is 1.98. The van der Waals surface area contributed by atoms with Crippen LogP contribution in [-0.2, 0) is 22.6 Å². The molecular weight excluding hydrogens is 312 g/mol. The lowest BCUT2D eigenvalue weighted by atomic mass is 10.2. The lowest BCUT2D eigenvalue weighted by Crippen LogP contribution is -2.17. The van der Waals surface area contributed by atoms with Gasteiger partial charge in [0.25, 0.3) is 5.56 Å². The normalized spacial score (nSPS) is 10.8. The number of aromatic nitrogens is 2. The van der Waals surface area contributed by atoms with Crippen LogP contribution in [0, 0.1) is 6.92 Å². The molecule has 0 atom stereocenters. The maximum absolute atomic E-state index is 12.1. The van der Waals surface area contributed by atoms with E-state index in [9.17, 15) is 9.59 Å². The van der Waals surface area contributed by atoms with Crippen molar-refractivity contribution in [3.8, 4) is 0 Å². The number of aryl methyl sites for hydroxylation is 2. The van der Waals surface area contributed by atoms with Crippen LogP contribution in [0.5, 0.6) is 0 Å². The fraction of sp³-hybridized carbons (Fsp3) is 0.235. The van der Waals surface area contributed by atoms with Gasteiger partial charge in [-0.25, -0.2) is 4.98 Å². The highest BCUT2D eigenvalue weighted by Gasteiger charge is 2.08. The number of thiophene rings is 1. The van der Waals surface area contributed by atoms with E-state index in [4.69, 9.17) is 4.74 Å². The lowest BCUT2D eigenvalue weighted by Gasteiger charge is -2.07. The Balaban J connectivity index is 1.66. The summed E-state index contributed by atoms with van der Waals surface area (Å²) in [6.07, 6.45) is 2.67. The quantitative estimate of drug-likeness (QED) is 0.676. The highest BCUT2D eigenvalue weighted by Crippen LogP contribution is 2.12. The Bertz CT molecular complexity index is 884. The Morgan fingerprint density at radius 2 is 2.22 bits per heavy atom. The van der Waals surface area contributed by atoms with Crippen LogP contribution in [0.25, 0.3) is 5.65 Å². The Hall–Kier alpha value is -2.47. The Kier molecular flexibility index (Phi) is 4.52. The van der Waals surface area contributed by atoms with Gasteiger partial charge in [-0.1, -0.05) is 12.1 Å². The number of hydrogen-bond acceptors (Lipinski definition) is 5. The van der Waals surface area contributed by atoms with Gasteiger partial charge < -0.3 is 4.74 Å². The van der Waals surface area contributed by atoms with E-state index in [2.05, 4.69) is 4.98 Å². The van der Waals surface area contributed by atoms with Crippen LogP contribution in [0.2, 0.25) is 0 Å². The Morgan fingerprint density at radius 1 is 1.35 bits per heavy atom. The highest BCUT2D eigenvalue weighted by atomic mass is 32.1. The van der Waals surface area contributed by atoms with Gasteiger partial charge in [0.2, 0.25) is 0 Å². The molecule has 0 amide bonds. The van der Waals surface area contributed by atoms with Crippen LogP contribution in [0.4, 0.5) is 0 Å². The molecule has 0 aliphatic rings. The van der Waals surface area contributed by atoms with Gasteiger partial charge in [0.1, 0.15) is 12.3 Å². The zero-order valence-electron chi connectivity index (χ0n) is 12.7. The van der Waals surface area contributed by atoms with Crippen LogP contribution in [0.3, 0.4) is 0 Å². The van der Waals surface area contributed by atoms with Crippen LogP contribution in [0.1, 0.15) is 22.6 Å². The van der Waals surface area contributed by atoms with Crippen molar-refractivity contribution in [1.29, 1.82) is 0 Å². The SMILES string of the molecule is Cc1cccn2c(=O)cc(COC(=O)CCc3cccs3)nc12. The smallest absolute Gasteiger partial charge is 0.306 e. The molecule has 5 nitrogen and oxygen atoms in total. The third-order valence-corrected chi connectivity index (χ3v) is 4.41. The van der Waals surface area contributed by atoms with Crippen LogP contribution < -0.4 is 5.56 Å². The maximum atomic E-state index is 12.1. The van der Waals surface area contributed by atoms with Crippen molar-refractivity contribution in [2.45, 2.75) is 26.4 Å². The van der Waals surface area contributed by atoms with Gasteiger partial charge in [-0.15, -0.1) is 11.3 Å².